The summed E-state index contributed by atoms with van der Waals surface area (Å²) in [5.41, 5.74) is 0.540. The maximum atomic E-state index is 12.5. The van der Waals surface area contributed by atoms with Crippen LogP contribution in [0.2, 0.25) is 0 Å². The molecular weight excluding hydrogens is 394 g/mol. The van der Waals surface area contributed by atoms with Gasteiger partial charge in [0, 0.05) is 25.1 Å². The fourth-order valence-electron chi connectivity index (χ4n) is 4.16. The first-order valence-corrected chi connectivity index (χ1v) is 11.3. The van der Waals surface area contributed by atoms with Gasteiger partial charge in [0.2, 0.25) is 5.91 Å². The average Bonchev–Trinajstić information content (AvgIpc) is 3.38. The molecular formula is C24H35N3O4. The molecule has 0 saturated carbocycles. The van der Waals surface area contributed by atoms with E-state index in [1.165, 1.54) is 12.8 Å². The molecule has 2 N–H and O–H groups in total. The lowest BCUT2D eigenvalue weighted by atomic mass is 9.84. The number of carbonyl (C=O) groups excluding carboxylic acids is 3. The second kappa shape index (κ2) is 10.9. The van der Waals surface area contributed by atoms with Gasteiger partial charge in [-0.15, -0.1) is 0 Å². The molecule has 2 heterocycles. The van der Waals surface area contributed by atoms with Crippen LogP contribution in [0.1, 0.15) is 56.3 Å². The van der Waals surface area contributed by atoms with Crippen molar-refractivity contribution in [1.29, 1.82) is 0 Å². The predicted octanol–water partition coefficient (Wildman–Crippen LogP) is 2.16. The highest BCUT2D eigenvalue weighted by molar-refractivity contribution is 5.94. The molecule has 0 spiro atoms. The third kappa shape index (κ3) is 7.14. The van der Waals surface area contributed by atoms with Crippen molar-refractivity contribution >= 4 is 17.6 Å². The van der Waals surface area contributed by atoms with E-state index in [-0.39, 0.29) is 35.7 Å². The van der Waals surface area contributed by atoms with Gasteiger partial charge in [0.15, 0.2) is 5.78 Å². The first-order valence-electron chi connectivity index (χ1n) is 11.3. The highest BCUT2D eigenvalue weighted by Crippen LogP contribution is 2.26. The van der Waals surface area contributed by atoms with Crippen LogP contribution < -0.4 is 10.6 Å². The topological polar surface area (TPSA) is 87.7 Å². The summed E-state index contributed by atoms with van der Waals surface area (Å²) in [4.78, 5) is 39.2. The second-order valence-electron chi connectivity index (χ2n) is 9.40. The molecule has 2 atom stereocenters. The van der Waals surface area contributed by atoms with Crippen molar-refractivity contribution in [2.75, 3.05) is 32.8 Å². The van der Waals surface area contributed by atoms with Gasteiger partial charge in [0.25, 0.3) is 5.91 Å². The molecule has 0 radical (unpaired) electrons. The third-order valence-corrected chi connectivity index (χ3v) is 6.26. The molecule has 2 saturated heterocycles. The number of benzene rings is 1. The molecule has 31 heavy (non-hydrogen) atoms. The number of ether oxygens (including phenoxy) is 1. The molecule has 170 valence electrons. The summed E-state index contributed by atoms with van der Waals surface area (Å²) in [6.07, 6.45) is 3.90. The maximum absolute atomic E-state index is 12.5. The zero-order chi connectivity index (χ0) is 22.3. The highest BCUT2D eigenvalue weighted by Gasteiger charge is 2.38. The molecule has 7 nitrogen and oxygen atoms in total. The van der Waals surface area contributed by atoms with E-state index < -0.39 is 6.04 Å². The lowest BCUT2D eigenvalue weighted by Gasteiger charge is -2.26. The van der Waals surface area contributed by atoms with Crippen molar-refractivity contribution in [1.82, 2.24) is 15.5 Å². The zero-order valence-corrected chi connectivity index (χ0v) is 18.7. The van der Waals surface area contributed by atoms with Crippen LogP contribution in [-0.2, 0) is 14.3 Å². The minimum absolute atomic E-state index is 0.0413. The second-order valence-corrected chi connectivity index (χ2v) is 9.40. The van der Waals surface area contributed by atoms with Gasteiger partial charge in [-0.2, -0.15) is 0 Å². The number of likely N-dealkylation sites (tertiary alicyclic amines) is 1. The monoisotopic (exact) mass is 429 g/mol. The van der Waals surface area contributed by atoms with Crippen molar-refractivity contribution in [2.24, 2.45) is 5.41 Å². The molecule has 2 fully saturated rings. The number of nitrogens with zero attached hydrogens (tertiary/aromatic N) is 1. The van der Waals surface area contributed by atoms with E-state index in [4.69, 9.17) is 4.74 Å². The average molecular weight is 430 g/mol. The number of ketones is 1. The van der Waals surface area contributed by atoms with Crippen LogP contribution in [0.15, 0.2) is 30.3 Å². The van der Waals surface area contributed by atoms with Crippen molar-refractivity contribution in [3.8, 4) is 0 Å². The number of carbonyl (C=O) groups is 3. The smallest absolute Gasteiger partial charge is 0.251 e. The Morgan fingerprint density at radius 1 is 1.13 bits per heavy atom. The van der Waals surface area contributed by atoms with E-state index in [1.54, 1.807) is 12.1 Å². The van der Waals surface area contributed by atoms with Gasteiger partial charge in [0.05, 0.1) is 6.10 Å². The Bertz CT molecular complexity index is 759. The van der Waals surface area contributed by atoms with Crippen molar-refractivity contribution in [3.63, 3.8) is 0 Å². The van der Waals surface area contributed by atoms with E-state index in [0.29, 0.717) is 31.5 Å². The highest BCUT2D eigenvalue weighted by atomic mass is 16.5. The maximum Gasteiger partial charge on any atom is 0.251 e. The molecule has 2 aliphatic rings. The van der Waals surface area contributed by atoms with Gasteiger partial charge in [0.1, 0.15) is 12.6 Å². The van der Waals surface area contributed by atoms with Crippen LogP contribution in [-0.4, -0.2) is 67.4 Å². The van der Waals surface area contributed by atoms with Crippen LogP contribution in [0.25, 0.3) is 0 Å². The molecule has 2 amide bonds. The minimum Gasteiger partial charge on any atom is -0.366 e. The molecule has 7 heteroatoms. The summed E-state index contributed by atoms with van der Waals surface area (Å²) in [6, 6.07) is 8.60. The van der Waals surface area contributed by atoms with Gasteiger partial charge in [-0.05, 0) is 56.3 Å². The summed E-state index contributed by atoms with van der Waals surface area (Å²) < 4.78 is 5.65. The van der Waals surface area contributed by atoms with Crippen molar-refractivity contribution < 1.29 is 19.1 Å². The van der Waals surface area contributed by atoms with Crippen LogP contribution in [0.5, 0.6) is 0 Å². The molecule has 2 aliphatic heterocycles. The Hall–Kier alpha value is -2.25. The Kier molecular flexibility index (Phi) is 8.21. The van der Waals surface area contributed by atoms with Gasteiger partial charge < -0.3 is 20.3 Å². The van der Waals surface area contributed by atoms with Crippen LogP contribution in [0, 0.1) is 5.41 Å². The van der Waals surface area contributed by atoms with E-state index in [2.05, 4.69) is 29.4 Å². The van der Waals surface area contributed by atoms with E-state index in [0.717, 1.165) is 19.5 Å². The van der Waals surface area contributed by atoms with Crippen molar-refractivity contribution in [2.45, 2.75) is 58.1 Å². The minimum atomic E-state index is -0.540. The van der Waals surface area contributed by atoms with E-state index in [1.807, 2.05) is 18.2 Å². The molecule has 1 aromatic rings. The Morgan fingerprint density at radius 3 is 2.55 bits per heavy atom. The van der Waals surface area contributed by atoms with Crippen molar-refractivity contribution in [3.05, 3.63) is 35.9 Å². The Balaban J connectivity index is 1.39. The number of hydrogen-bond acceptors (Lipinski definition) is 5. The molecule has 0 aromatic heterocycles. The summed E-state index contributed by atoms with van der Waals surface area (Å²) in [7, 11) is 0. The fraction of sp³-hybridized carbons (Fsp3) is 0.625. The molecule has 2 unspecified atom stereocenters. The summed E-state index contributed by atoms with van der Waals surface area (Å²) in [6.45, 7) is 7.58. The number of nitrogens with one attached hydrogen (secondary N) is 2. The third-order valence-electron chi connectivity index (χ3n) is 6.26. The van der Waals surface area contributed by atoms with Crippen LogP contribution in [0.4, 0.5) is 0 Å². The number of rotatable bonds is 10. The SMILES string of the molecule is CC(C)(CCNC(=O)c1ccccc1)CCC(=O)NC1C(=O)COC1CN1CCCC1. The van der Waals surface area contributed by atoms with Gasteiger partial charge in [-0.1, -0.05) is 32.0 Å². The lowest BCUT2D eigenvalue weighted by molar-refractivity contribution is -0.126. The predicted molar refractivity (Wildman–Crippen MR) is 119 cm³/mol. The molecule has 3 rings (SSSR count). The molecule has 1 aromatic carbocycles. The standard InChI is InChI=1S/C24H35N3O4/c1-24(2,12-13-25-23(30)18-8-4-3-5-9-18)11-10-21(29)26-22-19(28)17-31-20(22)16-27-14-6-7-15-27/h3-5,8-9,20,22H,6-7,10-17H2,1-2H3,(H,25,30)(H,26,29). The van der Waals surface area contributed by atoms with Gasteiger partial charge in [-0.25, -0.2) is 0 Å². The largest absolute Gasteiger partial charge is 0.366 e. The Labute approximate surface area is 184 Å². The summed E-state index contributed by atoms with van der Waals surface area (Å²) in [5, 5.41) is 5.85. The summed E-state index contributed by atoms with van der Waals surface area (Å²) >= 11 is 0. The number of Topliss-reactive ketones (excluding diaryl/α,β-unsaturated/α-hetero) is 1. The first kappa shape index (κ1) is 23.4. The molecule has 0 aliphatic carbocycles. The van der Waals surface area contributed by atoms with E-state index in [9.17, 15) is 14.4 Å². The van der Waals surface area contributed by atoms with Gasteiger partial charge in [-0.3, -0.25) is 14.4 Å². The van der Waals surface area contributed by atoms with Crippen LogP contribution in [0.3, 0.4) is 0 Å². The van der Waals surface area contributed by atoms with Crippen LogP contribution >= 0.6 is 0 Å². The number of amides is 2. The first-order chi connectivity index (χ1) is 14.8. The fourth-order valence-corrected chi connectivity index (χ4v) is 4.16. The summed E-state index contributed by atoms with van der Waals surface area (Å²) in [5.74, 6) is -0.241. The molecule has 0 bridgehead atoms. The quantitative estimate of drug-likeness (QED) is 0.595. The number of hydrogen-bond donors (Lipinski definition) is 2. The van der Waals surface area contributed by atoms with E-state index >= 15 is 0 Å². The normalized spacial score (nSPS) is 21.9. The zero-order valence-electron chi connectivity index (χ0n) is 18.7. The van der Waals surface area contributed by atoms with Gasteiger partial charge >= 0.3 is 0 Å². The lowest BCUT2D eigenvalue weighted by Crippen LogP contribution is -2.48. The Morgan fingerprint density at radius 2 is 1.84 bits per heavy atom.